The Morgan fingerprint density at radius 3 is 2.74 bits per heavy atom. The molecule has 4 nitrogen and oxygen atoms in total. The lowest BCUT2D eigenvalue weighted by atomic mass is 10.1. The van der Waals surface area contributed by atoms with Crippen LogP contribution >= 0.6 is 11.8 Å². The molecule has 0 amide bonds. The quantitative estimate of drug-likeness (QED) is 0.902. The zero-order valence-corrected chi connectivity index (χ0v) is 13.2. The summed E-state index contributed by atoms with van der Waals surface area (Å²) in [4.78, 5) is 11.4. The van der Waals surface area contributed by atoms with E-state index in [0.717, 1.165) is 42.5 Å². The number of nitrogens with zero attached hydrogens (tertiary/aromatic N) is 3. The van der Waals surface area contributed by atoms with Crippen molar-refractivity contribution in [3.63, 3.8) is 0 Å². The Hall–Kier alpha value is -0.970. The maximum Gasteiger partial charge on any atom is 0.137 e. The van der Waals surface area contributed by atoms with Gasteiger partial charge in [-0.05, 0) is 13.3 Å². The Kier molecular flexibility index (Phi) is 4.23. The SMILES string of the molecule is CCc1nc(N)c(C)c(N2CCSC(C)(C)CC2)n1. The van der Waals surface area contributed by atoms with Crippen LogP contribution in [-0.2, 0) is 6.42 Å². The summed E-state index contributed by atoms with van der Waals surface area (Å²) >= 11 is 2.04. The first kappa shape index (κ1) is 14.4. The van der Waals surface area contributed by atoms with Gasteiger partial charge in [0.25, 0.3) is 0 Å². The van der Waals surface area contributed by atoms with Gasteiger partial charge >= 0.3 is 0 Å². The molecule has 0 aliphatic carbocycles. The largest absolute Gasteiger partial charge is 0.383 e. The monoisotopic (exact) mass is 280 g/mol. The molecule has 0 unspecified atom stereocenters. The molecule has 0 bridgehead atoms. The van der Waals surface area contributed by atoms with Crippen molar-refractivity contribution in [3.05, 3.63) is 11.4 Å². The Labute approximate surface area is 120 Å². The third-order valence-corrected chi connectivity index (χ3v) is 5.03. The number of nitrogen functional groups attached to an aromatic ring is 1. The molecule has 1 aliphatic rings. The van der Waals surface area contributed by atoms with E-state index in [9.17, 15) is 0 Å². The van der Waals surface area contributed by atoms with Crippen molar-refractivity contribution in [2.24, 2.45) is 0 Å². The van der Waals surface area contributed by atoms with E-state index >= 15 is 0 Å². The highest BCUT2D eigenvalue weighted by atomic mass is 32.2. The molecule has 0 saturated carbocycles. The molecule has 1 saturated heterocycles. The lowest BCUT2D eigenvalue weighted by molar-refractivity contribution is 0.633. The predicted octanol–water partition coefficient (Wildman–Crippen LogP) is 2.65. The van der Waals surface area contributed by atoms with Gasteiger partial charge in [0.1, 0.15) is 17.5 Å². The smallest absolute Gasteiger partial charge is 0.137 e. The second kappa shape index (κ2) is 5.57. The molecule has 5 heteroatoms. The molecule has 0 spiro atoms. The summed E-state index contributed by atoms with van der Waals surface area (Å²) < 4.78 is 0.356. The second-order valence-electron chi connectivity index (χ2n) is 5.67. The van der Waals surface area contributed by atoms with Crippen molar-refractivity contribution >= 4 is 23.4 Å². The molecule has 0 aromatic carbocycles. The molecule has 0 radical (unpaired) electrons. The van der Waals surface area contributed by atoms with Crippen molar-refractivity contribution in [2.75, 3.05) is 29.5 Å². The molecular weight excluding hydrogens is 256 g/mol. The van der Waals surface area contributed by atoms with Crippen molar-refractivity contribution in [2.45, 2.75) is 45.3 Å². The second-order valence-corrected chi connectivity index (χ2v) is 7.47. The van der Waals surface area contributed by atoms with Gasteiger partial charge in [-0.2, -0.15) is 11.8 Å². The normalized spacial score (nSPS) is 19.3. The number of aryl methyl sites for hydroxylation is 1. The van der Waals surface area contributed by atoms with Crippen molar-refractivity contribution in [1.82, 2.24) is 9.97 Å². The molecule has 2 heterocycles. The highest BCUT2D eigenvalue weighted by Crippen LogP contribution is 2.33. The minimum absolute atomic E-state index is 0.356. The first-order valence-corrected chi connectivity index (χ1v) is 7.93. The summed E-state index contributed by atoms with van der Waals surface area (Å²) in [6, 6.07) is 0. The summed E-state index contributed by atoms with van der Waals surface area (Å²) in [6.07, 6.45) is 1.99. The van der Waals surface area contributed by atoms with E-state index in [1.165, 1.54) is 6.42 Å². The topological polar surface area (TPSA) is 55.0 Å². The average Bonchev–Trinajstić information content (AvgIpc) is 2.53. The fraction of sp³-hybridized carbons (Fsp3) is 0.714. The molecule has 0 atom stereocenters. The summed E-state index contributed by atoms with van der Waals surface area (Å²) in [5.74, 6) is 3.63. The van der Waals surface area contributed by atoms with E-state index in [2.05, 4.69) is 30.7 Å². The zero-order valence-electron chi connectivity index (χ0n) is 12.4. The minimum Gasteiger partial charge on any atom is -0.383 e. The summed E-state index contributed by atoms with van der Waals surface area (Å²) in [5, 5.41) is 0. The van der Waals surface area contributed by atoms with Gasteiger partial charge < -0.3 is 10.6 Å². The lowest BCUT2D eigenvalue weighted by Gasteiger charge is -2.25. The molecule has 2 rings (SSSR count). The predicted molar refractivity (Wildman–Crippen MR) is 83.9 cm³/mol. The highest BCUT2D eigenvalue weighted by Gasteiger charge is 2.25. The van der Waals surface area contributed by atoms with Crippen LogP contribution in [0.25, 0.3) is 0 Å². The van der Waals surface area contributed by atoms with Gasteiger partial charge in [-0.15, -0.1) is 0 Å². The van der Waals surface area contributed by atoms with Gasteiger partial charge in [0.15, 0.2) is 0 Å². The lowest BCUT2D eigenvalue weighted by Crippen LogP contribution is -2.29. The maximum atomic E-state index is 6.01. The maximum absolute atomic E-state index is 6.01. The summed E-state index contributed by atoms with van der Waals surface area (Å²) in [6.45, 7) is 10.8. The van der Waals surface area contributed by atoms with Crippen LogP contribution in [0.3, 0.4) is 0 Å². The van der Waals surface area contributed by atoms with Crippen LogP contribution in [0.1, 0.15) is 38.6 Å². The van der Waals surface area contributed by atoms with Gasteiger partial charge in [0.2, 0.25) is 0 Å². The van der Waals surface area contributed by atoms with E-state index < -0.39 is 0 Å². The van der Waals surface area contributed by atoms with Gasteiger partial charge in [-0.1, -0.05) is 20.8 Å². The number of hydrogen-bond acceptors (Lipinski definition) is 5. The molecule has 1 aromatic heterocycles. The fourth-order valence-corrected chi connectivity index (χ4v) is 3.37. The van der Waals surface area contributed by atoms with Crippen LogP contribution in [0.4, 0.5) is 11.6 Å². The van der Waals surface area contributed by atoms with Crippen molar-refractivity contribution < 1.29 is 0 Å². The van der Waals surface area contributed by atoms with E-state index in [1.807, 2.05) is 18.7 Å². The van der Waals surface area contributed by atoms with Gasteiger partial charge in [0, 0.05) is 35.6 Å². The van der Waals surface area contributed by atoms with Crippen LogP contribution in [0.5, 0.6) is 0 Å². The Morgan fingerprint density at radius 1 is 1.32 bits per heavy atom. The average molecular weight is 280 g/mol. The van der Waals surface area contributed by atoms with Crippen LogP contribution in [0.15, 0.2) is 0 Å². The van der Waals surface area contributed by atoms with Crippen LogP contribution in [0.2, 0.25) is 0 Å². The van der Waals surface area contributed by atoms with Crippen molar-refractivity contribution in [1.29, 1.82) is 0 Å². The fourth-order valence-electron chi connectivity index (χ4n) is 2.27. The molecule has 106 valence electrons. The van der Waals surface area contributed by atoms with E-state index in [1.54, 1.807) is 0 Å². The van der Waals surface area contributed by atoms with E-state index in [0.29, 0.717) is 10.6 Å². The van der Waals surface area contributed by atoms with Crippen molar-refractivity contribution in [3.8, 4) is 0 Å². The van der Waals surface area contributed by atoms with E-state index in [-0.39, 0.29) is 0 Å². The Morgan fingerprint density at radius 2 is 2.05 bits per heavy atom. The Balaban J connectivity index is 2.28. The molecule has 1 fully saturated rings. The number of thioether (sulfide) groups is 1. The minimum atomic E-state index is 0.356. The summed E-state index contributed by atoms with van der Waals surface area (Å²) in [7, 11) is 0. The third kappa shape index (κ3) is 3.32. The number of aromatic nitrogens is 2. The van der Waals surface area contributed by atoms with Gasteiger partial charge in [-0.3, -0.25) is 0 Å². The molecule has 1 aliphatic heterocycles. The van der Waals surface area contributed by atoms with E-state index in [4.69, 9.17) is 10.7 Å². The summed E-state index contributed by atoms with van der Waals surface area (Å²) in [5.41, 5.74) is 7.03. The number of hydrogen-bond donors (Lipinski definition) is 1. The van der Waals surface area contributed by atoms with Crippen LogP contribution in [-0.4, -0.2) is 33.6 Å². The third-order valence-electron chi connectivity index (χ3n) is 3.66. The van der Waals surface area contributed by atoms with Crippen LogP contribution in [0, 0.1) is 6.92 Å². The number of nitrogens with two attached hydrogens (primary N) is 1. The zero-order chi connectivity index (χ0) is 14.0. The molecule has 1 aromatic rings. The molecule has 19 heavy (non-hydrogen) atoms. The molecule has 2 N–H and O–H groups in total. The molecular formula is C14H24N4S. The van der Waals surface area contributed by atoms with Crippen LogP contribution < -0.4 is 10.6 Å². The highest BCUT2D eigenvalue weighted by molar-refractivity contribution is 8.00. The van der Waals surface area contributed by atoms with Gasteiger partial charge in [-0.25, -0.2) is 9.97 Å². The Bertz CT molecular complexity index is 459. The first-order chi connectivity index (χ1) is 8.93. The van der Waals surface area contributed by atoms with Gasteiger partial charge in [0.05, 0.1) is 0 Å². The number of rotatable bonds is 2. The standard InChI is InChI=1S/C14H24N4S/c1-5-11-16-12(15)10(2)13(17-11)18-7-6-14(3,4)19-9-8-18/h5-9H2,1-4H3,(H2,15,16,17). The number of anilines is 2. The first-order valence-electron chi connectivity index (χ1n) is 6.95.